The fraction of sp³-hybridized carbons (Fsp3) is 0.600. The smallest absolute Gasteiger partial charge is 0.484 e. The Morgan fingerprint density at radius 3 is 2.51 bits per heavy atom. The van der Waals surface area contributed by atoms with Crippen LogP contribution in [0, 0.1) is 22.7 Å². The molecule has 2 aliphatic heterocycles. The average molecular weight is 523 g/mol. The molecule has 1 aromatic rings. The van der Waals surface area contributed by atoms with E-state index in [9.17, 15) is 32.8 Å². The van der Waals surface area contributed by atoms with Crippen molar-refractivity contribution < 1.29 is 37.0 Å². The van der Waals surface area contributed by atoms with Gasteiger partial charge in [-0.15, -0.1) is 13.2 Å². The number of piperidine rings is 1. The molecule has 3 aliphatic rings. The second kappa shape index (κ2) is 10.9. The van der Waals surface area contributed by atoms with E-state index < -0.39 is 42.6 Å². The molecule has 37 heavy (non-hydrogen) atoms. The molecule has 1 aliphatic carbocycles. The number of likely N-dealkylation sites (tertiary alicyclic amines) is 1. The number of ether oxygens (including phenoxy) is 2. The predicted molar refractivity (Wildman–Crippen MR) is 123 cm³/mol. The van der Waals surface area contributed by atoms with E-state index in [0.29, 0.717) is 25.9 Å². The number of rotatable bonds is 8. The molecule has 1 saturated carbocycles. The summed E-state index contributed by atoms with van der Waals surface area (Å²) in [5, 5.41) is 15.1. The highest BCUT2D eigenvalue weighted by molar-refractivity contribution is 5.89. The van der Waals surface area contributed by atoms with Crippen LogP contribution in [0.5, 0.6) is 11.5 Å². The molecule has 2 heterocycles. The zero-order chi connectivity index (χ0) is 26.6. The molecule has 0 bridgehead atoms. The molecule has 0 aromatic heterocycles. The van der Waals surface area contributed by atoms with Crippen LogP contribution >= 0.6 is 0 Å². The number of hydrogen-bond acceptors (Lipinski definition) is 6. The van der Waals surface area contributed by atoms with Crippen LogP contribution in [0.4, 0.5) is 13.2 Å². The number of benzene rings is 1. The van der Waals surface area contributed by atoms with Crippen LogP contribution in [-0.2, 0) is 14.4 Å². The molecule has 1 unspecified atom stereocenters. The van der Waals surface area contributed by atoms with Crippen molar-refractivity contribution in [3.63, 3.8) is 0 Å². The first-order valence-electron chi connectivity index (χ1n) is 12.3. The highest BCUT2D eigenvalue weighted by atomic mass is 19.4. The van der Waals surface area contributed by atoms with Gasteiger partial charge in [-0.2, -0.15) is 5.26 Å². The summed E-state index contributed by atoms with van der Waals surface area (Å²) in [6.45, 7) is 0.602. The summed E-state index contributed by atoms with van der Waals surface area (Å²) in [4.78, 5) is 39.8. The Kier molecular flexibility index (Phi) is 7.80. The molecule has 4 rings (SSSR count). The van der Waals surface area contributed by atoms with E-state index in [-0.39, 0.29) is 29.4 Å². The molecule has 1 spiro atoms. The van der Waals surface area contributed by atoms with Crippen molar-refractivity contribution >= 4 is 17.7 Å². The monoisotopic (exact) mass is 522 g/mol. The van der Waals surface area contributed by atoms with Gasteiger partial charge in [0.1, 0.15) is 23.6 Å². The van der Waals surface area contributed by atoms with E-state index in [1.165, 1.54) is 17.0 Å². The van der Waals surface area contributed by atoms with Crippen molar-refractivity contribution in [3.05, 3.63) is 24.3 Å². The molecular weight excluding hydrogens is 493 g/mol. The van der Waals surface area contributed by atoms with Crippen molar-refractivity contribution in [2.24, 2.45) is 11.3 Å². The van der Waals surface area contributed by atoms with Crippen LogP contribution in [-0.4, -0.2) is 60.8 Å². The fourth-order valence-electron chi connectivity index (χ4n) is 5.31. The van der Waals surface area contributed by atoms with Gasteiger partial charge in [-0.1, -0.05) is 6.42 Å². The Morgan fingerprint density at radius 2 is 1.92 bits per heavy atom. The van der Waals surface area contributed by atoms with E-state index in [1.54, 1.807) is 0 Å². The normalized spacial score (nSPS) is 23.4. The molecule has 9 nitrogen and oxygen atoms in total. The minimum atomic E-state index is -4.81. The standard InChI is InChI=1S/C25H29F3N4O5/c26-25(27,28)37-19-6-4-18(5-7-19)36-14-21(33)32-15-24(8-2-9-24)12-20(32)23(35)31-17(13-29)11-16-3-1-10-30-22(16)34/h4-7,16-17,20H,1-3,8-12,14-15H2,(H,30,34)(H,31,35)/t16-,17-,20?/m0/s1. The molecule has 3 fully saturated rings. The lowest BCUT2D eigenvalue weighted by Gasteiger charge is -2.37. The van der Waals surface area contributed by atoms with Gasteiger partial charge < -0.3 is 25.0 Å². The Labute approximate surface area is 212 Å². The van der Waals surface area contributed by atoms with E-state index in [4.69, 9.17) is 4.74 Å². The number of carbonyl (C=O) groups excluding carboxylic acids is 3. The van der Waals surface area contributed by atoms with E-state index in [2.05, 4.69) is 21.4 Å². The highest BCUT2D eigenvalue weighted by Gasteiger charge is 2.51. The van der Waals surface area contributed by atoms with Crippen molar-refractivity contribution in [3.8, 4) is 17.6 Å². The third-order valence-electron chi connectivity index (χ3n) is 7.36. The van der Waals surface area contributed by atoms with Gasteiger partial charge in [0.05, 0.1) is 6.07 Å². The van der Waals surface area contributed by atoms with Crippen molar-refractivity contribution in [1.29, 1.82) is 5.26 Å². The number of carbonyl (C=O) groups is 3. The van der Waals surface area contributed by atoms with Gasteiger partial charge in [0, 0.05) is 19.0 Å². The van der Waals surface area contributed by atoms with Gasteiger partial charge in [0.25, 0.3) is 5.91 Å². The lowest BCUT2D eigenvalue weighted by atomic mass is 9.67. The summed E-state index contributed by atoms with van der Waals surface area (Å²) in [5.41, 5.74) is -0.139. The lowest BCUT2D eigenvalue weighted by molar-refractivity contribution is -0.274. The number of nitriles is 1. The van der Waals surface area contributed by atoms with Crippen LogP contribution in [0.2, 0.25) is 0 Å². The molecule has 200 valence electrons. The fourth-order valence-corrected chi connectivity index (χ4v) is 5.31. The summed E-state index contributed by atoms with van der Waals surface area (Å²) < 4.78 is 46.3. The molecule has 2 N–H and O–H groups in total. The van der Waals surface area contributed by atoms with Gasteiger partial charge in [0.15, 0.2) is 6.61 Å². The molecule has 2 saturated heterocycles. The maximum atomic E-state index is 13.2. The number of hydrogen-bond donors (Lipinski definition) is 2. The van der Waals surface area contributed by atoms with Gasteiger partial charge in [-0.25, -0.2) is 0 Å². The molecule has 1 aromatic carbocycles. The van der Waals surface area contributed by atoms with Crippen LogP contribution in [0.3, 0.4) is 0 Å². The van der Waals surface area contributed by atoms with Gasteiger partial charge in [-0.05, 0) is 68.2 Å². The number of nitrogens with zero attached hydrogens (tertiary/aromatic N) is 2. The Balaban J connectivity index is 1.36. The summed E-state index contributed by atoms with van der Waals surface area (Å²) in [6, 6.07) is 5.12. The zero-order valence-electron chi connectivity index (χ0n) is 20.2. The van der Waals surface area contributed by atoms with Crippen LogP contribution in [0.1, 0.15) is 44.9 Å². The summed E-state index contributed by atoms with van der Waals surface area (Å²) in [5.74, 6) is -1.57. The topological polar surface area (TPSA) is 121 Å². The Morgan fingerprint density at radius 1 is 1.22 bits per heavy atom. The second-order valence-electron chi connectivity index (χ2n) is 9.96. The molecule has 3 amide bonds. The Hall–Kier alpha value is -3.49. The third-order valence-corrected chi connectivity index (χ3v) is 7.36. The number of nitrogens with one attached hydrogen (secondary N) is 2. The SMILES string of the molecule is N#C[C@H](C[C@@H]1CCCNC1=O)NC(=O)C1CC2(CCC2)CN1C(=O)COc1ccc(OC(F)(F)F)cc1. The minimum Gasteiger partial charge on any atom is -0.484 e. The molecule has 12 heteroatoms. The number of amides is 3. The first-order chi connectivity index (χ1) is 17.6. The quantitative estimate of drug-likeness (QED) is 0.542. The molecule has 3 atom stereocenters. The predicted octanol–water partition coefficient (Wildman–Crippen LogP) is 2.66. The number of alkyl halides is 3. The Bertz CT molecular complexity index is 1050. The van der Waals surface area contributed by atoms with E-state index in [1.807, 2.05) is 0 Å². The summed E-state index contributed by atoms with van der Waals surface area (Å²) in [6.07, 6.45) is 0.141. The molecule has 0 radical (unpaired) electrons. The van der Waals surface area contributed by atoms with Crippen molar-refractivity contribution in [1.82, 2.24) is 15.5 Å². The first kappa shape index (κ1) is 26.6. The zero-order valence-corrected chi connectivity index (χ0v) is 20.2. The van der Waals surface area contributed by atoms with Crippen LogP contribution in [0.15, 0.2) is 24.3 Å². The first-order valence-corrected chi connectivity index (χ1v) is 12.3. The third kappa shape index (κ3) is 6.64. The van der Waals surface area contributed by atoms with Gasteiger partial charge in [0.2, 0.25) is 11.8 Å². The lowest BCUT2D eigenvalue weighted by Crippen LogP contribution is -2.50. The highest BCUT2D eigenvalue weighted by Crippen LogP contribution is 2.50. The van der Waals surface area contributed by atoms with E-state index >= 15 is 0 Å². The maximum absolute atomic E-state index is 13.2. The average Bonchev–Trinajstić information content (AvgIpc) is 3.26. The van der Waals surface area contributed by atoms with Gasteiger partial charge in [-0.3, -0.25) is 14.4 Å². The van der Waals surface area contributed by atoms with Crippen molar-refractivity contribution in [2.75, 3.05) is 19.7 Å². The maximum Gasteiger partial charge on any atom is 0.573 e. The van der Waals surface area contributed by atoms with Crippen LogP contribution in [0.25, 0.3) is 0 Å². The van der Waals surface area contributed by atoms with E-state index in [0.717, 1.165) is 37.8 Å². The largest absolute Gasteiger partial charge is 0.573 e. The minimum absolute atomic E-state index is 0.123. The number of halogens is 3. The summed E-state index contributed by atoms with van der Waals surface area (Å²) >= 11 is 0. The van der Waals surface area contributed by atoms with Gasteiger partial charge >= 0.3 is 6.36 Å². The van der Waals surface area contributed by atoms with Crippen LogP contribution < -0.4 is 20.1 Å². The summed E-state index contributed by atoms with van der Waals surface area (Å²) in [7, 11) is 0. The molecular formula is C25H29F3N4O5. The second-order valence-corrected chi connectivity index (χ2v) is 9.96. The van der Waals surface area contributed by atoms with Crippen molar-refractivity contribution in [2.45, 2.75) is 63.4 Å².